The van der Waals surface area contributed by atoms with Crippen LogP contribution < -0.4 is 14.2 Å². The lowest BCUT2D eigenvalue weighted by molar-refractivity contribution is 0.412. The number of rotatable bonds is 2. The Bertz CT molecular complexity index is 1890. The van der Waals surface area contributed by atoms with Crippen molar-refractivity contribution in [3.63, 3.8) is 0 Å². The number of ether oxygens (including phenoxy) is 3. The van der Waals surface area contributed by atoms with Gasteiger partial charge in [0.1, 0.15) is 23.0 Å². The van der Waals surface area contributed by atoms with Crippen LogP contribution in [-0.4, -0.2) is 14.2 Å². The molecule has 8 rings (SSSR count). The number of fused-ring (bicyclic) bond motifs is 13. The van der Waals surface area contributed by atoms with Gasteiger partial charge in [-0.2, -0.15) is 0 Å². The molecule has 40 heavy (non-hydrogen) atoms. The second-order valence-electron chi connectivity index (χ2n) is 10.9. The highest BCUT2D eigenvalue weighted by atomic mass is 16.5. The maximum atomic E-state index is 7.10. The molecule has 1 aliphatic carbocycles. The fourth-order valence-electron chi connectivity index (χ4n) is 7.18. The molecule has 0 aromatic heterocycles. The van der Waals surface area contributed by atoms with Crippen LogP contribution in [0, 0.1) is 13.8 Å². The van der Waals surface area contributed by atoms with Crippen LogP contribution >= 0.6 is 0 Å². The molecule has 0 fully saturated rings. The van der Waals surface area contributed by atoms with Gasteiger partial charge in [-0.15, -0.1) is 0 Å². The molecule has 6 aromatic rings. The lowest BCUT2D eigenvalue weighted by Gasteiger charge is -2.40. The second-order valence-corrected chi connectivity index (χ2v) is 10.9. The van der Waals surface area contributed by atoms with Crippen LogP contribution in [0.1, 0.15) is 33.4 Å². The summed E-state index contributed by atoms with van der Waals surface area (Å²) in [5, 5.41) is 4.37. The minimum absolute atomic E-state index is 0.514. The third kappa shape index (κ3) is 2.79. The first-order valence-corrected chi connectivity index (χ1v) is 13.7. The highest BCUT2D eigenvalue weighted by Gasteiger charge is 2.51. The van der Waals surface area contributed by atoms with E-state index in [-0.39, 0.29) is 0 Å². The Hall–Kier alpha value is -4.76. The number of aryl methyl sites for hydroxylation is 2. The summed E-state index contributed by atoms with van der Waals surface area (Å²) in [6.07, 6.45) is 0. The summed E-state index contributed by atoms with van der Waals surface area (Å²) in [6.45, 7) is 4.19. The lowest BCUT2D eigenvalue weighted by atomic mass is 9.65. The summed E-state index contributed by atoms with van der Waals surface area (Å²) in [7, 11) is 3.45. The zero-order valence-corrected chi connectivity index (χ0v) is 23.0. The molecule has 3 nitrogen and oxygen atoms in total. The molecular weight excluding hydrogens is 492 g/mol. The zero-order chi connectivity index (χ0) is 27.2. The SMILES string of the molecule is COc1cc2ccc3c(c2cc1C)Oc1c(ccc2cc(OC)c(C)cc12)C31c2ccccc2-c2ccccc21. The molecule has 0 bridgehead atoms. The van der Waals surface area contributed by atoms with E-state index in [1.165, 1.54) is 33.4 Å². The third-order valence-corrected chi connectivity index (χ3v) is 8.94. The molecule has 1 heterocycles. The van der Waals surface area contributed by atoms with E-state index in [4.69, 9.17) is 14.2 Å². The van der Waals surface area contributed by atoms with Crippen molar-refractivity contribution >= 4 is 21.5 Å². The second kappa shape index (κ2) is 8.12. The van der Waals surface area contributed by atoms with E-state index in [0.29, 0.717) is 0 Å². The summed E-state index contributed by atoms with van der Waals surface area (Å²) in [5.74, 6) is 3.57. The summed E-state index contributed by atoms with van der Waals surface area (Å²) in [4.78, 5) is 0. The summed E-state index contributed by atoms with van der Waals surface area (Å²) >= 11 is 0. The predicted molar refractivity (Wildman–Crippen MR) is 161 cm³/mol. The first-order valence-electron chi connectivity index (χ1n) is 13.7. The Morgan fingerprint density at radius 2 is 0.975 bits per heavy atom. The Kier molecular flexibility index (Phi) is 4.70. The lowest BCUT2D eigenvalue weighted by Crippen LogP contribution is -2.32. The van der Waals surface area contributed by atoms with Crippen LogP contribution in [0.4, 0.5) is 0 Å². The molecule has 2 aliphatic rings. The molecule has 0 amide bonds. The number of hydrogen-bond acceptors (Lipinski definition) is 3. The molecule has 6 aromatic carbocycles. The van der Waals surface area contributed by atoms with Crippen LogP contribution in [0.15, 0.2) is 97.1 Å². The normalized spacial score (nSPS) is 13.9. The molecule has 1 spiro atoms. The minimum atomic E-state index is -0.514. The first kappa shape index (κ1) is 23.2. The van der Waals surface area contributed by atoms with Crippen molar-refractivity contribution in [1.29, 1.82) is 0 Å². The van der Waals surface area contributed by atoms with E-state index in [2.05, 4.69) is 111 Å². The number of hydrogen-bond donors (Lipinski definition) is 0. The average molecular weight is 521 g/mol. The summed E-state index contributed by atoms with van der Waals surface area (Å²) in [5.41, 5.74) is 9.10. The van der Waals surface area contributed by atoms with Gasteiger partial charge >= 0.3 is 0 Å². The summed E-state index contributed by atoms with van der Waals surface area (Å²) in [6, 6.07) is 35.3. The Morgan fingerprint density at radius 1 is 0.525 bits per heavy atom. The average Bonchev–Trinajstić information content (AvgIpc) is 3.27. The Morgan fingerprint density at radius 3 is 1.43 bits per heavy atom. The van der Waals surface area contributed by atoms with Gasteiger partial charge in [0, 0.05) is 21.9 Å². The molecule has 1 aliphatic heterocycles. The van der Waals surface area contributed by atoms with Gasteiger partial charge in [-0.25, -0.2) is 0 Å². The number of benzene rings is 6. The van der Waals surface area contributed by atoms with Crippen molar-refractivity contribution in [2.24, 2.45) is 0 Å². The van der Waals surface area contributed by atoms with E-state index in [9.17, 15) is 0 Å². The molecule has 0 N–H and O–H groups in total. The summed E-state index contributed by atoms with van der Waals surface area (Å²) < 4.78 is 18.5. The smallest absolute Gasteiger partial charge is 0.140 e. The van der Waals surface area contributed by atoms with Crippen LogP contribution in [0.5, 0.6) is 23.0 Å². The van der Waals surface area contributed by atoms with Crippen molar-refractivity contribution in [3.8, 4) is 34.1 Å². The van der Waals surface area contributed by atoms with E-state index in [1.54, 1.807) is 14.2 Å². The Labute approximate surface area is 233 Å². The maximum Gasteiger partial charge on any atom is 0.140 e. The largest absolute Gasteiger partial charge is 0.496 e. The molecule has 0 saturated carbocycles. The monoisotopic (exact) mass is 520 g/mol. The van der Waals surface area contributed by atoms with Gasteiger partial charge in [-0.1, -0.05) is 72.8 Å². The van der Waals surface area contributed by atoms with Gasteiger partial charge in [0.2, 0.25) is 0 Å². The molecule has 0 radical (unpaired) electrons. The minimum Gasteiger partial charge on any atom is -0.496 e. The third-order valence-electron chi connectivity index (χ3n) is 8.94. The van der Waals surface area contributed by atoms with Gasteiger partial charge in [-0.05, 0) is 82.3 Å². The van der Waals surface area contributed by atoms with E-state index < -0.39 is 5.41 Å². The van der Waals surface area contributed by atoms with E-state index in [1.807, 2.05) is 0 Å². The predicted octanol–water partition coefficient (Wildman–Crippen LogP) is 9.10. The molecule has 194 valence electrons. The Balaban J connectivity index is 1.58. The number of methoxy groups -OCH3 is 2. The molecule has 0 unspecified atom stereocenters. The molecule has 3 heteroatoms. The van der Waals surface area contributed by atoms with Crippen LogP contribution in [0.3, 0.4) is 0 Å². The molecule has 0 saturated heterocycles. The molecule has 0 atom stereocenters. The van der Waals surface area contributed by atoms with Crippen molar-refractivity contribution in [2.75, 3.05) is 14.2 Å². The maximum absolute atomic E-state index is 7.10. The topological polar surface area (TPSA) is 27.7 Å². The van der Waals surface area contributed by atoms with Crippen molar-refractivity contribution in [1.82, 2.24) is 0 Å². The fourth-order valence-corrected chi connectivity index (χ4v) is 7.18. The van der Waals surface area contributed by atoms with E-state index >= 15 is 0 Å². The highest BCUT2D eigenvalue weighted by Crippen LogP contribution is 2.64. The molecular formula is C37H28O3. The zero-order valence-electron chi connectivity index (χ0n) is 23.0. The van der Waals surface area contributed by atoms with Crippen molar-refractivity contribution < 1.29 is 14.2 Å². The van der Waals surface area contributed by atoms with E-state index in [0.717, 1.165) is 55.7 Å². The van der Waals surface area contributed by atoms with Gasteiger partial charge in [-0.3, -0.25) is 0 Å². The standard InChI is InChI=1S/C37H28O3/c1-21-17-27-23(19-33(21)38-3)13-15-31-35(27)40-36-28-18-22(2)34(39-4)20-24(28)14-16-32(36)37(31)29-11-7-5-9-25(29)26-10-6-8-12-30(26)37/h5-20H,1-4H3. The van der Waals surface area contributed by atoms with Crippen molar-refractivity contribution in [2.45, 2.75) is 19.3 Å². The van der Waals surface area contributed by atoms with Gasteiger partial charge < -0.3 is 14.2 Å². The van der Waals surface area contributed by atoms with Crippen molar-refractivity contribution in [3.05, 3.63) is 130 Å². The fraction of sp³-hybridized carbons (Fsp3) is 0.135. The highest BCUT2D eigenvalue weighted by molar-refractivity contribution is 6.00. The van der Waals surface area contributed by atoms with Crippen LogP contribution in [0.2, 0.25) is 0 Å². The first-order chi connectivity index (χ1) is 19.6. The van der Waals surface area contributed by atoms with Crippen LogP contribution in [0.25, 0.3) is 32.7 Å². The van der Waals surface area contributed by atoms with Crippen LogP contribution in [-0.2, 0) is 5.41 Å². The van der Waals surface area contributed by atoms with Gasteiger partial charge in [0.25, 0.3) is 0 Å². The van der Waals surface area contributed by atoms with Gasteiger partial charge in [0.05, 0.1) is 19.6 Å². The quantitative estimate of drug-likeness (QED) is 0.227. The van der Waals surface area contributed by atoms with Gasteiger partial charge in [0.15, 0.2) is 0 Å².